The Morgan fingerprint density at radius 2 is 2.00 bits per heavy atom. The lowest BCUT2D eigenvalue weighted by molar-refractivity contribution is -0.0525. The average Bonchev–Trinajstić information content (AvgIpc) is 3.03. The molecule has 2 aromatic rings. The molecule has 1 heterocycles. The van der Waals surface area contributed by atoms with Crippen LogP contribution in [0.25, 0.3) is 0 Å². The van der Waals surface area contributed by atoms with Gasteiger partial charge < -0.3 is 10.6 Å². The summed E-state index contributed by atoms with van der Waals surface area (Å²) in [5, 5.41) is 11.0. The van der Waals surface area contributed by atoms with Crippen molar-refractivity contribution in [2.75, 3.05) is 0 Å². The molecule has 0 aliphatic heterocycles. The fourth-order valence-electron chi connectivity index (χ4n) is 4.41. The number of hydrogen-bond donors (Lipinski definition) is 2. The standard InChI is InChI=1S/C19H23ClN4O/c20-16-4-2-14(3-5-16)12-21-18(25)23-17-10-19(11-17)8-15(9-19)13-24-7-1-6-22-24/h1-7,15,17H,8-13H2,(H2,21,23,25). The van der Waals surface area contributed by atoms with Crippen molar-refractivity contribution >= 4 is 17.6 Å². The third-order valence-corrected chi connectivity index (χ3v) is 5.76. The Morgan fingerprint density at radius 3 is 2.68 bits per heavy atom. The van der Waals surface area contributed by atoms with E-state index in [0.29, 0.717) is 23.0 Å². The summed E-state index contributed by atoms with van der Waals surface area (Å²) in [6.07, 6.45) is 8.60. The first-order valence-electron chi connectivity index (χ1n) is 8.87. The minimum Gasteiger partial charge on any atom is -0.335 e. The molecule has 0 saturated heterocycles. The van der Waals surface area contributed by atoms with E-state index in [1.54, 1.807) is 0 Å². The lowest BCUT2D eigenvalue weighted by atomic mass is 9.50. The van der Waals surface area contributed by atoms with E-state index in [1.165, 1.54) is 12.8 Å². The molecule has 2 amide bonds. The molecule has 1 aromatic carbocycles. The third kappa shape index (κ3) is 3.82. The van der Waals surface area contributed by atoms with Crippen LogP contribution in [0.2, 0.25) is 5.02 Å². The van der Waals surface area contributed by atoms with Crippen molar-refractivity contribution in [3.8, 4) is 0 Å². The highest BCUT2D eigenvalue weighted by Gasteiger charge is 2.52. The molecule has 4 rings (SSSR count). The molecule has 0 unspecified atom stereocenters. The van der Waals surface area contributed by atoms with Gasteiger partial charge in [-0.2, -0.15) is 5.10 Å². The van der Waals surface area contributed by atoms with Crippen molar-refractivity contribution in [2.24, 2.45) is 11.3 Å². The zero-order valence-corrected chi connectivity index (χ0v) is 14.9. The predicted octanol–water partition coefficient (Wildman–Crippen LogP) is 3.59. The number of aromatic nitrogens is 2. The lowest BCUT2D eigenvalue weighted by Crippen LogP contribution is -2.58. The van der Waals surface area contributed by atoms with Gasteiger partial charge in [0.15, 0.2) is 0 Å². The van der Waals surface area contributed by atoms with Crippen molar-refractivity contribution < 1.29 is 4.79 Å². The van der Waals surface area contributed by atoms with Crippen molar-refractivity contribution in [1.82, 2.24) is 20.4 Å². The van der Waals surface area contributed by atoms with Crippen LogP contribution in [0, 0.1) is 11.3 Å². The second kappa shape index (κ2) is 6.71. The Morgan fingerprint density at radius 1 is 1.24 bits per heavy atom. The van der Waals surface area contributed by atoms with E-state index >= 15 is 0 Å². The van der Waals surface area contributed by atoms with Crippen LogP contribution >= 0.6 is 11.6 Å². The number of amides is 2. The molecule has 2 saturated carbocycles. The summed E-state index contributed by atoms with van der Waals surface area (Å²) in [5.41, 5.74) is 1.52. The summed E-state index contributed by atoms with van der Waals surface area (Å²) in [6, 6.07) is 9.73. The highest BCUT2D eigenvalue weighted by molar-refractivity contribution is 6.30. The molecule has 0 radical (unpaired) electrons. The number of carbonyl (C=O) groups excluding carboxylic acids is 1. The average molecular weight is 359 g/mol. The number of rotatable bonds is 5. The van der Waals surface area contributed by atoms with E-state index in [4.69, 9.17) is 11.6 Å². The smallest absolute Gasteiger partial charge is 0.315 e. The normalized spacial score (nSPS) is 27.4. The van der Waals surface area contributed by atoms with Crippen LogP contribution < -0.4 is 10.6 Å². The zero-order valence-electron chi connectivity index (χ0n) is 14.1. The van der Waals surface area contributed by atoms with Gasteiger partial charge in [-0.3, -0.25) is 4.68 Å². The first kappa shape index (κ1) is 16.5. The largest absolute Gasteiger partial charge is 0.335 e. The van der Waals surface area contributed by atoms with Crippen LogP contribution in [-0.2, 0) is 13.1 Å². The van der Waals surface area contributed by atoms with Gasteiger partial charge in [0, 0.05) is 36.5 Å². The number of hydrogen-bond acceptors (Lipinski definition) is 2. The minimum absolute atomic E-state index is 0.0813. The van der Waals surface area contributed by atoms with Gasteiger partial charge in [0.2, 0.25) is 0 Å². The quantitative estimate of drug-likeness (QED) is 0.858. The molecular weight excluding hydrogens is 336 g/mol. The maximum atomic E-state index is 12.0. The fraction of sp³-hybridized carbons (Fsp3) is 0.474. The predicted molar refractivity (Wildman–Crippen MR) is 97.2 cm³/mol. The zero-order chi connectivity index (χ0) is 17.3. The maximum absolute atomic E-state index is 12.0. The molecule has 2 aliphatic carbocycles. The Labute approximate surface area is 152 Å². The van der Waals surface area contributed by atoms with Gasteiger partial charge >= 0.3 is 6.03 Å². The summed E-state index contributed by atoms with van der Waals surface area (Å²) in [4.78, 5) is 12.0. The summed E-state index contributed by atoms with van der Waals surface area (Å²) in [7, 11) is 0. The molecule has 5 nitrogen and oxygen atoms in total. The van der Waals surface area contributed by atoms with Gasteiger partial charge in [-0.25, -0.2) is 4.79 Å². The van der Waals surface area contributed by atoms with Crippen molar-refractivity contribution in [1.29, 1.82) is 0 Å². The molecule has 1 spiro atoms. The molecule has 0 atom stereocenters. The van der Waals surface area contributed by atoms with Gasteiger partial charge in [-0.05, 0) is 60.8 Å². The molecule has 0 bridgehead atoms. The molecule has 132 valence electrons. The van der Waals surface area contributed by atoms with Crippen LogP contribution in [0.3, 0.4) is 0 Å². The van der Waals surface area contributed by atoms with E-state index in [-0.39, 0.29) is 6.03 Å². The number of urea groups is 1. The topological polar surface area (TPSA) is 59.0 Å². The van der Waals surface area contributed by atoms with Crippen LogP contribution in [0.4, 0.5) is 4.79 Å². The molecule has 2 aliphatic rings. The van der Waals surface area contributed by atoms with Crippen LogP contribution in [0.1, 0.15) is 31.2 Å². The highest BCUT2D eigenvalue weighted by Crippen LogP contribution is 2.58. The maximum Gasteiger partial charge on any atom is 0.315 e. The Bertz CT molecular complexity index is 714. The van der Waals surface area contributed by atoms with Crippen molar-refractivity contribution in [3.63, 3.8) is 0 Å². The monoisotopic (exact) mass is 358 g/mol. The van der Waals surface area contributed by atoms with Crippen LogP contribution in [0.15, 0.2) is 42.7 Å². The van der Waals surface area contributed by atoms with Gasteiger partial charge in [-0.1, -0.05) is 23.7 Å². The van der Waals surface area contributed by atoms with Gasteiger partial charge in [0.05, 0.1) is 0 Å². The number of nitrogens with one attached hydrogen (secondary N) is 2. The highest BCUT2D eigenvalue weighted by atomic mass is 35.5. The SMILES string of the molecule is O=C(NCc1ccc(Cl)cc1)NC1CC2(CC(Cn3cccn3)C2)C1. The second-order valence-corrected chi connectivity index (χ2v) is 8.00. The van der Waals surface area contributed by atoms with E-state index in [0.717, 1.165) is 30.9 Å². The summed E-state index contributed by atoms with van der Waals surface area (Å²) in [6.45, 7) is 1.54. The van der Waals surface area contributed by atoms with Crippen molar-refractivity contribution in [2.45, 2.75) is 44.8 Å². The number of carbonyl (C=O) groups is 1. The van der Waals surface area contributed by atoms with Gasteiger partial charge in [-0.15, -0.1) is 0 Å². The molecule has 2 fully saturated rings. The fourth-order valence-corrected chi connectivity index (χ4v) is 4.54. The summed E-state index contributed by atoms with van der Waals surface area (Å²) < 4.78 is 2.02. The second-order valence-electron chi connectivity index (χ2n) is 7.56. The lowest BCUT2D eigenvalue weighted by Gasteiger charge is -2.57. The summed E-state index contributed by atoms with van der Waals surface area (Å²) >= 11 is 5.86. The Hall–Kier alpha value is -2.01. The molecule has 1 aromatic heterocycles. The van der Waals surface area contributed by atoms with Gasteiger partial charge in [0.25, 0.3) is 0 Å². The van der Waals surface area contributed by atoms with E-state index in [1.807, 2.05) is 47.4 Å². The first-order chi connectivity index (χ1) is 12.1. The van der Waals surface area contributed by atoms with Crippen LogP contribution in [0.5, 0.6) is 0 Å². The van der Waals surface area contributed by atoms with E-state index in [9.17, 15) is 4.79 Å². The Balaban J connectivity index is 1.14. The van der Waals surface area contributed by atoms with Gasteiger partial charge in [0.1, 0.15) is 0 Å². The van der Waals surface area contributed by atoms with Crippen molar-refractivity contribution in [3.05, 3.63) is 53.3 Å². The minimum atomic E-state index is -0.0813. The first-order valence-corrected chi connectivity index (χ1v) is 9.24. The number of nitrogens with zero attached hydrogens (tertiary/aromatic N) is 2. The summed E-state index contributed by atoms with van der Waals surface area (Å²) in [5.74, 6) is 0.736. The molecule has 2 N–H and O–H groups in total. The van der Waals surface area contributed by atoms with E-state index in [2.05, 4.69) is 15.7 Å². The Kier molecular flexibility index (Phi) is 4.42. The molecule has 25 heavy (non-hydrogen) atoms. The molecular formula is C19H23ClN4O. The van der Waals surface area contributed by atoms with E-state index < -0.39 is 0 Å². The number of halogens is 1. The third-order valence-electron chi connectivity index (χ3n) is 5.51. The van der Waals surface area contributed by atoms with Crippen LogP contribution in [-0.4, -0.2) is 21.9 Å². The molecule has 6 heteroatoms. The number of benzene rings is 1.